The van der Waals surface area contributed by atoms with E-state index in [9.17, 15) is 14.7 Å². The Morgan fingerprint density at radius 3 is 2.56 bits per heavy atom. The van der Waals surface area contributed by atoms with E-state index in [1.54, 1.807) is 36.4 Å². The topological polar surface area (TPSA) is 76.1 Å². The number of aliphatic hydroxyl groups is 1. The molecule has 2 aromatic rings. The van der Waals surface area contributed by atoms with Crippen LogP contribution in [0, 0.1) is 0 Å². The minimum absolute atomic E-state index is 0.254. The highest BCUT2D eigenvalue weighted by molar-refractivity contribution is 9.10. The maximum absolute atomic E-state index is 13.0. The molecule has 1 heterocycles. The van der Waals surface area contributed by atoms with E-state index in [-0.39, 0.29) is 5.56 Å². The molecule has 6 nitrogen and oxygen atoms in total. The highest BCUT2D eigenvalue weighted by atomic mass is 79.9. The van der Waals surface area contributed by atoms with Crippen LogP contribution in [-0.2, 0) is 10.4 Å². The fourth-order valence-electron chi connectivity index (χ4n) is 3.37. The van der Waals surface area contributed by atoms with Gasteiger partial charge in [0.2, 0.25) is 0 Å². The van der Waals surface area contributed by atoms with Crippen LogP contribution in [0.25, 0.3) is 0 Å². The quantitative estimate of drug-likeness (QED) is 0.707. The normalized spacial score (nSPS) is 18.4. The molecule has 0 spiro atoms. The summed E-state index contributed by atoms with van der Waals surface area (Å²) in [6, 6.07) is 10.1. The Kier molecular flexibility index (Phi) is 5.26. The summed E-state index contributed by atoms with van der Waals surface area (Å²) in [5, 5.41) is 11.3. The lowest BCUT2D eigenvalue weighted by molar-refractivity contribution is -0.135. The number of benzene rings is 2. The van der Waals surface area contributed by atoms with Crippen LogP contribution in [0.15, 0.2) is 40.9 Å². The van der Waals surface area contributed by atoms with E-state index in [1.807, 2.05) is 6.92 Å². The number of anilines is 1. The van der Waals surface area contributed by atoms with Crippen LogP contribution >= 0.6 is 15.9 Å². The number of rotatable bonds is 6. The molecule has 1 unspecified atom stereocenters. The van der Waals surface area contributed by atoms with Crippen LogP contribution < -0.4 is 14.4 Å². The maximum Gasteiger partial charge on any atom is 0.264 e. The van der Waals surface area contributed by atoms with Gasteiger partial charge in [-0.25, -0.2) is 0 Å². The Bertz CT molecular complexity index is 913. The third kappa shape index (κ3) is 3.21. The molecule has 0 saturated carbocycles. The van der Waals surface area contributed by atoms with Gasteiger partial charge in [-0.3, -0.25) is 9.59 Å². The lowest BCUT2D eigenvalue weighted by Gasteiger charge is -2.22. The number of carbonyl (C=O) groups is 2. The average molecular weight is 434 g/mol. The highest BCUT2D eigenvalue weighted by Crippen LogP contribution is 2.44. The molecule has 0 radical (unpaired) electrons. The summed E-state index contributed by atoms with van der Waals surface area (Å²) in [5.74, 6) is -0.0716. The molecule has 1 aliphatic rings. The number of ketones is 1. The van der Waals surface area contributed by atoms with Crippen molar-refractivity contribution >= 4 is 33.3 Å². The van der Waals surface area contributed by atoms with E-state index in [0.29, 0.717) is 29.3 Å². The smallest absolute Gasteiger partial charge is 0.264 e. The number of hydrogen-bond acceptors (Lipinski definition) is 5. The fraction of sp³-hybridized carbons (Fsp3) is 0.300. The fourth-order valence-corrected chi connectivity index (χ4v) is 3.73. The molecule has 0 fully saturated rings. The number of carbonyl (C=O) groups excluding carboxylic acids is 2. The first-order valence-corrected chi connectivity index (χ1v) is 9.24. The van der Waals surface area contributed by atoms with Crippen molar-refractivity contribution in [1.29, 1.82) is 0 Å². The molecular weight excluding hydrogens is 414 g/mol. The van der Waals surface area contributed by atoms with E-state index in [0.717, 1.165) is 4.47 Å². The molecule has 0 aromatic heterocycles. The molecule has 1 amide bonds. The Hall–Kier alpha value is -2.38. The number of ether oxygens (including phenoxy) is 2. The molecule has 27 heavy (non-hydrogen) atoms. The molecule has 7 heteroatoms. The Morgan fingerprint density at radius 1 is 1.19 bits per heavy atom. The van der Waals surface area contributed by atoms with E-state index in [4.69, 9.17) is 9.47 Å². The van der Waals surface area contributed by atoms with Gasteiger partial charge in [-0.2, -0.15) is 0 Å². The van der Waals surface area contributed by atoms with Crippen molar-refractivity contribution in [2.24, 2.45) is 0 Å². The standard InChI is InChI=1S/C20H20BrNO5/c1-4-22-16-7-5-12(21)9-15(16)20(25,19(22)24)11-17(23)14-10-13(26-2)6-8-18(14)27-3/h5-10,25H,4,11H2,1-3H3. The highest BCUT2D eigenvalue weighted by Gasteiger charge is 2.50. The van der Waals surface area contributed by atoms with E-state index >= 15 is 0 Å². The first-order valence-electron chi connectivity index (χ1n) is 8.45. The van der Waals surface area contributed by atoms with Crippen LogP contribution in [0.4, 0.5) is 5.69 Å². The van der Waals surface area contributed by atoms with Crippen molar-refractivity contribution in [2.75, 3.05) is 25.7 Å². The Balaban J connectivity index is 2.04. The second-order valence-corrected chi connectivity index (χ2v) is 7.15. The molecule has 142 valence electrons. The second kappa shape index (κ2) is 7.32. The Morgan fingerprint density at radius 2 is 1.93 bits per heavy atom. The zero-order valence-corrected chi connectivity index (χ0v) is 16.9. The van der Waals surface area contributed by atoms with Gasteiger partial charge in [0.25, 0.3) is 5.91 Å². The van der Waals surface area contributed by atoms with Crippen LogP contribution in [0.2, 0.25) is 0 Å². The molecule has 0 bridgehead atoms. The number of Topliss-reactive ketones (excluding diaryl/α,β-unsaturated/α-hetero) is 1. The molecule has 1 N–H and O–H groups in total. The number of amides is 1. The predicted molar refractivity (Wildman–Crippen MR) is 105 cm³/mol. The first-order chi connectivity index (χ1) is 12.8. The SMILES string of the molecule is CCN1C(=O)C(O)(CC(=O)c2cc(OC)ccc2OC)c2cc(Br)ccc21. The number of hydrogen-bond donors (Lipinski definition) is 1. The number of halogens is 1. The minimum atomic E-state index is -1.93. The number of likely N-dealkylation sites (N-methyl/N-ethyl adjacent to an activating group) is 1. The average Bonchev–Trinajstić information content (AvgIpc) is 2.87. The molecule has 1 aliphatic heterocycles. The number of nitrogens with zero attached hydrogens (tertiary/aromatic N) is 1. The van der Waals surface area contributed by atoms with Gasteiger partial charge >= 0.3 is 0 Å². The zero-order valence-electron chi connectivity index (χ0n) is 15.3. The summed E-state index contributed by atoms with van der Waals surface area (Å²) < 4.78 is 11.2. The van der Waals surface area contributed by atoms with E-state index in [1.165, 1.54) is 19.1 Å². The number of methoxy groups -OCH3 is 2. The van der Waals surface area contributed by atoms with Gasteiger partial charge in [-0.05, 0) is 43.3 Å². The van der Waals surface area contributed by atoms with Gasteiger partial charge < -0.3 is 19.5 Å². The van der Waals surface area contributed by atoms with Crippen molar-refractivity contribution in [1.82, 2.24) is 0 Å². The van der Waals surface area contributed by atoms with Gasteiger partial charge in [-0.1, -0.05) is 15.9 Å². The van der Waals surface area contributed by atoms with Crippen LogP contribution in [0.3, 0.4) is 0 Å². The van der Waals surface area contributed by atoms with Gasteiger partial charge in [0.1, 0.15) is 11.5 Å². The maximum atomic E-state index is 13.0. The third-order valence-corrected chi connectivity index (χ3v) is 5.23. The summed E-state index contributed by atoms with van der Waals surface area (Å²) in [4.78, 5) is 27.4. The lowest BCUT2D eigenvalue weighted by Crippen LogP contribution is -2.41. The summed E-state index contributed by atoms with van der Waals surface area (Å²) in [6.07, 6.45) is -0.394. The van der Waals surface area contributed by atoms with Crippen molar-refractivity contribution in [3.63, 3.8) is 0 Å². The minimum Gasteiger partial charge on any atom is -0.497 e. The molecule has 3 rings (SSSR count). The van der Waals surface area contributed by atoms with Gasteiger partial charge in [0.15, 0.2) is 11.4 Å². The third-order valence-electron chi connectivity index (χ3n) is 4.73. The molecule has 0 saturated heterocycles. The summed E-state index contributed by atoms with van der Waals surface area (Å²) in [6.45, 7) is 2.22. The second-order valence-electron chi connectivity index (χ2n) is 6.24. The largest absolute Gasteiger partial charge is 0.497 e. The van der Waals surface area contributed by atoms with Crippen molar-refractivity contribution in [3.8, 4) is 11.5 Å². The van der Waals surface area contributed by atoms with Gasteiger partial charge in [-0.15, -0.1) is 0 Å². The van der Waals surface area contributed by atoms with Crippen LogP contribution in [0.5, 0.6) is 11.5 Å². The lowest BCUT2D eigenvalue weighted by atomic mass is 9.88. The zero-order chi connectivity index (χ0) is 19.8. The predicted octanol–water partition coefficient (Wildman–Crippen LogP) is 3.29. The van der Waals surface area contributed by atoms with Crippen molar-refractivity contribution in [3.05, 3.63) is 52.0 Å². The monoisotopic (exact) mass is 433 g/mol. The van der Waals surface area contributed by atoms with Crippen molar-refractivity contribution < 1.29 is 24.2 Å². The molecule has 2 aromatic carbocycles. The molecule has 0 aliphatic carbocycles. The summed E-state index contributed by atoms with van der Waals surface area (Å²) in [7, 11) is 2.95. The number of fused-ring (bicyclic) bond motifs is 1. The van der Waals surface area contributed by atoms with E-state index < -0.39 is 23.7 Å². The van der Waals surface area contributed by atoms with Crippen molar-refractivity contribution in [2.45, 2.75) is 18.9 Å². The molecular formula is C20H20BrNO5. The summed E-state index contributed by atoms with van der Waals surface area (Å²) >= 11 is 3.37. The van der Waals surface area contributed by atoms with E-state index in [2.05, 4.69) is 15.9 Å². The van der Waals surface area contributed by atoms with Crippen LogP contribution in [-0.4, -0.2) is 37.6 Å². The Labute approximate surface area is 165 Å². The first kappa shape index (κ1) is 19.4. The van der Waals surface area contributed by atoms with Gasteiger partial charge in [0, 0.05) is 16.6 Å². The van der Waals surface area contributed by atoms with Crippen LogP contribution in [0.1, 0.15) is 29.3 Å². The summed E-state index contributed by atoms with van der Waals surface area (Å²) in [5.41, 5.74) is -0.651. The molecule has 1 atom stereocenters. The van der Waals surface area contributed by atoms with Gasteiger partial charge in [0.05, 0.1) is 31.9 Å².